The molecule has 0 saturated heterocycles. The number of benzene rings is 2. The summed E-state index contributed by atoms with van der Waals surface area (Å²) in [4.78, 5) is 12.7. The van der Waals surface area contributed by atoms with Gasteiger partial charge in [0.25, 0.3) is 0 Å². The lowest BCUT2D eigenvalue weighted by Gasteiger charge is -2.38. The molecular weight excluding hydrogens is 428 g/mol. The summed E-state index contributed by atoms with van der Waals surface area (Å²) in [6.45, 7) is 6.24. The van der Waals surface area contributed by atoms with Crippen LogP contribution in [0.1, 0.15) is 50.3 Å². The molecule has 8 heteroatoms. The molecule has 174 valence electrons. The zero-order chi connectivity index (χ0) is 23.5. The lowest BCUT2D eigenvalue weighted by atomic mass is 9.89. The van der Waals surface area contributed by atoms with Gasteiger partial charge in [-0.25, -0.2) is 8.42 Å². The summed E-state index contributed by atoms with van der Waals surface area (Å²) in [5.74, 6) is 1.33. The molecule has 1 atom stereocenters. The Kier molecular flexibility index (Phi) is 7.03. The lowest BCUT2D eigenvalue weighted by molar-refractivity contribution is -0.122. The third-order valence-electron chi connectivity index (χ3n) is 5.48. The predicted octanol–water partition coefficient (Wildman–Crippen LogP) is 3.97. The second-order valence-corrected chi connectivity index (χ2v) is 10.8. The number of nitrogens with one attached hydrogen (secondary N) is 1. The Balaban J connectivity index is 1.64. The number of anilines is 1. The first-order chi connectivity index (χ1) is 15.0. The Morgan fingerprint density at radius 3 is 2.53 bits per heavy atom. The maximum Gasteiger partial charge on any atom is 0.232 e. The number of hydrogen-bond acceptors (Lipinski definition) is 5. The number of amides is 1. The molecule has 0 saturated carbocycles. The van der Waals surface area contributed by atoms with E-state index in [9.17, 15) is 13.2 Å². The van der Waals surface area contributed by atoms with Gasteiger partial charge in [0.2, 0.25) is 15.9 Å². The first kappa shape index (κ1) is 23.9. The maximum absolute atomic E-state index is 12.7. The molecule has 1 heterocycles. The fourth-order valence-electron chi connectivity index (χ4n) is 3.99. The van der Waals surface area contributed by atoms with E-state index in [0.717, 1.165) is 16.9 Å². The quantitative estimate of drug-likeness (QED) is 0.644. The molecule has 1 unspecified atom stereocenters. The van der Waals surface area contributed by atoms with E-state index >= 15 is 0 Å². The Morgan fingerprint density at radius 2 is 1.91 bits per heavy atom. The third-order valence-corrected chi connectivity index (χ3v) is 6.68. The highest BCUT2D eigenvalue weighted by molar-refractivity contribution is 7.92. The van der Waals surface area contributed by atoms with Gasteiger partial charge in [-0.3, -0.25) is 9.10 Å². The monoisotopic (exact) mass is 460 g/mol. The van der Waals surface area contributed by atoms with Crippen LogP contribution in [0, 0.1) is 6.92 Å². The van der Waals surface area contributed by atoms with Gasteiger partial charge in [0.05, 0.1) is 25.1 Å². The van der Waals surface area contributed by atoms with Crippen LogP contribution in [0.2, 0.25) is 0 Å². The number of aryl methyl sites for hydroxylation is 1. The van der Waals surface area contributed by atoms with Crippen molar-refractivity contribution in [1.29, 1.82) is 0 Å². The van der Waals surface area contributed by atoms with E-state index in [1.807, 2.05) is 39.0 Å². The molecule has 0 aliphatic carbocycles. The number of carbonyl (C=O) groups is 1. The molecule has 3 rings (SSSR count). The normalized spacial score (nSPS) is 17.1. The SMILES string of the molecule is COc1ccc(N(CCCC(=O)NC2CC(C)(C)Oc3ccc(C)cc32)S(C)(=O)=O)cc1. The van der Waals surface area contributed by atoms with Crippen molar-refractivity contribution in [3.63, 3.8) is 0 Å². The number of ether oxygens (including phenoxy) is 2. The van der Waals surface area contributed by atoms with Crippen molar-refractivity contribution < 1.29 is 22.7 Å². The molecule has 0 bridgehead atoms. The van der Waals surface area contributed by atoms with Crippen molar-refractivity contribution in [3.05, 3.63) is 53.6 Å². The standard InChI is InChI=1S/C24H32N2O5S/c1-17-8-13-22-20(15-17)21(16-24(2,3)31-22)25-23(27)7-6-14-26(32(5,28)29)18-9-11-19(30-4)12-10-18/h8-13,15,21H,6-7,14,16H2,1-5H3,(H,25,27). The zero-order valence-electron chi connectivity index (χ0n) is 19.3. The van der Waals surface area contributed by atoms with Gasteiger partial charge in [-0.15, -0.1) is 0 Å². The van der Waals surface area contributed by atoms with Gasteiger partial charge in [-0.05, 0) is 57.5 Å². The van der Waals surface area contributed by atoms with Crippen LogP contribution in [0.3, 0.4) is 0 Å². The van der Waals surface area contributed by atoms with E-state index in [1.54, 1.807) is 31.4 Å². The van der Waals surface area contributed by atoms with Crippen LogP contribution in [-0.4, -0.2) is 39.8 Å². The molecule has 0 spiro atoms. The van der Waals surface area contributed by atoms with Crippen molar-refractivity contribution in [3.8, 4) is 11.5 Å². The summed E-state index contributed by atoms with van der Waals surface area (Å²) in [5, 5.41) is 3.12. The Labute approximate surface area is 190 Å². The molecule has 2 aromatic rings. The number of rotatable bonds is 8. The average Bonchev–Trinajstić information content (AvgIpc) is 2.70. The third kappa shape index (κ3) is 5.94. The number of carbonyl (C=O) groups excluding carboxylic acids is 1. The summed E-state index contributed by atoms with van der Waals surface area (Å²) < 4.78 is 37.1. The summed E-state index contributed by atoms with van der Waals surface area (Å²) in [6.07, 6.45) is 2.45. The topological polar surface area (TPSA) is 84.9 Å². The minimum absolute atomic E-state index is 0.108. The van der Waals surface area contributed by atoms with Crippen molar-refractivity contribution in [2.45, 2.75) is 51.7 Å². The molecule has 1 amide bonds. The lowest BCUT2D eigenvalue weighted by Crippen LogP contribution is -2.41. The van der Waals surface area contributed by atoms with E-state index in [2.05, 4.69) is 5.32 Å². The second kappa shape index (κ2) is 9.40. The largest absolute Gasteiger partial charge is 0.497 e. The Morgan fingerprint density at radius 1 is 1.22 bits per heavy atom. The number of nitrogens with zero attached hydrogens (tertiary/aromatic N) is 1. The summed E-state index contributed by atoms with van der Waals surface area (Å²) >= 11 is 0. The van der Waals surface area contributed by atoms with E-state index in [0.29, 0.717) is 24.3 Å². The smallest absolute Gasteiger partial charge is 0.232 e. The predicted molar refractivity (Wildman–Crippen MR) is 126 cm³/mol. The maximum atomic E-state index is 12.7. The highest BCUT2D eigenvalue weighted by atomic mass is 32.2. The molecule has 1 N–H and O–H groups in total. The van der Waals surface area contributed by atoms with Gasteiger partial charge in [0, 0.05) is 24.9 Å². The van der Waals surface area contributed by atoms with Crippen LogP contribution < -0.4 is 19.1 Å². The minimum atomic E-state index is -3.48. The molecular formula is C24H32N2O5S. The minimum Gasteiger partial charge on any atom is -0.497 e. The summed E-state index contributed by atoms with van der Waals surface area (Å²) in [5.41, 5.74) is 2.24. The zero-order valence-corrected chi connectivity index (χ0v) is 20.2. The fraction of sp³-hybridized carbons (Fsp3) is 0.458. The highest BCUT2D eigenvalue weighted by Crippen LogP contribution is 2.39. The second-order valence-electron chi connectivity index (χ2n) is 8.86. The van der Waals surface area contributed by atoms with Gasteiger partial charge in [0.15, 0.2) is 0 Å². The molecule has 1 aliphatic heterocycles. The van der Waals surface area contributed by atoms with Gasteiger partial charge in [0.1, 0.15) is 17.1 Å². The van der Waals surface area contributed by atoms with Crippen molar-refractivity contribution in [2.24, 2.45) is 0 Å². The van der Waals surface area contributed by atoms with Gasteiger partial charge < -0.3 is 14.8 Å². The molecule has 0 radical (unpaired) electrons. The van der Waals surface area contributed by atoms with Crippen LogP contribution >= 0.6 is 0 Å². The fourth-order valence-corrected chi connectivity index (χ4v) is 4.95. The molecule has 0 aromatic heterocycles. The summed E-state index contributed by atoms with van der Waals surface area (Å²) in [7, 11) is -1.92. The Bertz CT molecular complexity index is 1060. The number of fused-ring (bicyclic) bond motifs is 1. The van der Waals surface area contributed by atoms with Crippen LogP contribution in [0.25, 0.3) is 0 Å². The molecule has 1 aliphatic rings. The molecule has 2 aromatic carbocycles. The van der Waals surface area contributed by atoms with E-state index in [1.165, 1.54) is 10.6 Å². The average molecular weight is 461 g/mol. The Hall–Kier alpha value is -2.74. The van der Waals surface area contributed by atoms with Crippen LogP contribution in [0.15, 0.2) is 42.5 Å². The van der Waals surface area contributed by atoms with E-state index in [-0.39, 0.29) is 30.5 Å². The van der Waals surface area contributed by atoms with Crippen molar-refractivity contribution in [2.75, 3.05) is 24.2 Å². The van der Waals surface area contributed by atoms with Gasteiger partial charge in [-0.2, -0.15) is 0 Å². The number of sulfonamides is 1. The van der Waals surface area contributed by atoms with E-state index < -0.39 is 10.0 Å². The van der Waals surface area contributed by atoms with Crippen molar-refractivity contribution in [1.82, 2.24) is 5.32 Å². The molecule has 32 heavy (non-hydrogen) atoms. The van der Waals surface area contributed by atoms with Crippen LogP contribution in [-0.2, 0) is 14.8 Å². The van der Waals surface area contributed by atoms with Crippen molar-refractivity contribution >= 4 is 21.6 Å². The number of methoxy groups -OCH3 is 1. The van der Waals surface area contributed by atoms with Gasteiger partial charge >= 0.3 is 0 Å². The summed E-state index contributed by atoms with van der Waals surface area (Å²) in [6, 6.07) is 12.7. The first-order valence-corrected chi connectivity index (χ1v) is 12.5. The molecule has 0 fully saturated rings. The van der Waals surface area contributed by atoms with Crippen LogP contribution in [0.4, 0.5) is 5.69 Å². The van der Waals surface area contributed by atoms with Crippen LogP contribution in [0.5, 0.6) is 11.5 Å². The first-order valence-electron chi connectivity index (χ1n) is 10.7. The highest BCUT2D eigenvalue weighted by Gasteiger charge is 2.34. The molecule has 7 nitrogen and oxygen atoms in total. The van der Waals surface area contributed by atoms with Gasteiger partial charge in [-0.1, -0.05) is 17.7 Å². The van der Waals surface area contributed by atoms with E-state index in [4.69, 9.17) is 9.47 Å². The number of hydrogen-bond donors (Lipinski definition) is 1.